The third-order valence-corrected chi connectivity index (χ3v) is 10.1. The van der Waals surface area contributed by atoms with Crippen molar-refractivity contribution in [2.24, 2.45) is 17.8 Å². The van der Waals surface area contributed by atoms with Crippen molar-refractivity contribution in [3.63, 3.8) is 0 Å². The Kier molecular flexibility index (Phi) is 8.69. The number of ketones is 1. The number of ether oxygens (including phenoxy) is 4. The lowest BCUT2D eigenvalue weighted by Gasteiger charge is -2.53. The van der Waals surface area contributed by atoms with E-state index in [1.54, 1.807) is 19.9 Å². The predicted molar refractivity (Wildman–Crippen MR) is 155 cm³/mol. The summed E-state index contributed by atoms with van der Waals surface area (Å²) in [4.78, 5) is 41.1. The van der Waals surface area contributed by atoms with Crippen molar-refractivity contribution >= 4 is 17.6 Å². The molecule has 5 saturated heterocycles. The predicted octanol–water partition coefficient (Wildman–Crippen LogP) is 2.68. The minimum absolute atomic E-state index is 0.0119. The first-order valence-corrected chi connectivity index (χ1v) is 15.4. The Bertz CT molecular complexity index is 1240. The summed E-state index contributed by atoms with van der Waals surface area (Å²) < 4.78 is 24.5. The quantitative estimate of drug-likeness (QED) is 0.132. The lowest BCUT2D eigenvalue weighted by molar-refractivity contribution is -0.373. The molecule has 2 amide bonds. The molecule has 11 heteroatoms. The summed E-state index contributed by atoms with van der Waals surface area (Å²) in [6.07, 6.45) is 5.51. The summed E-state index contributed by atoms with van der Waals surface area (Å²) in [6, 6.07) is -1.14. The highest BCUT2D eigenvalue weighted by atomic mass is 16.8. The lowest BCUT2D eigenvalue weighted by atomic mass is 9.78. The van der Waals surface area contributed by atoms with Gasteiger partial charge >= 0.3 is 0 Å². The minimum Gasteiger partial charge on any atom is -0.507 e. The van der Waals surface area contributed by atoms with Crippen molar-refractivity contribution in [1.82, 2.24) is 10.2 Å². The number of carbonyl (C=O) groups excluding carboxylic acids is 3. The van der Waals surface area contributed by atoms with Gasteiger partial charge in [-0.2, -0.15) is 0 Å². The summed E-state index contributed by atoms with van der Waals surface area (Å²) in [5, 5.41) is 23.7. The average molecular weight is 603 g/mol. The van der Waals surface area contributed by atoms with E-state index in [1.807, 2.05) is 19.9 Å². The van der Waals surface area contributed by atoms with E-state index in [9.17, 15) is 24.6 Å². The number of epoxide rings is 1. The Balaban J connectivity index is 1.36. The smallest absolute Gasteiger partial charge is 0.264 e. The SMILES string of the molecule is CNC(=O)C(C)C1C(=O)C(=C(O)C=CC(C)=CC(C)C2OC3(C)OC(CCC34CO4)C2C)C(=O)N1C1CCC(O)C(C)O1. The number of aliphatic hydroxyl groups is 2. The van der Waals surface area contributed by atoms with E-state index >= 15 is 0 Å². The standard InChI is InChI=1S/C32H46N2O9/c1-16(14-17(2)28-18(3)23-12-13-32(15-40-32)31(6,42-23)43-28)8-9-22(36)25-27(37)26(19(4)29(38)33-7)34(30(25)39)24-11-10-21(35)20(5)41-24/h8-9,14,17-21,23-24,26,28,35-36H,10-13,15H2,1-7H3,(H,33,38). The third kappa shape index (κ3) is 5.59. The van der Waals surface area contributed by atoms with Gasteiger partial charge in [0.05, 0.1) is 36.9 Å². The maximum absolute atomic E-state index is 13.6. The summed E-state index contributed by atoms with van der Waals surface area (Å²) in [6.45, 7) is 12.0. The van der Waals surface area contributed by atoms with Crippen LogP contribution in [0.15, 0.2) is 35.1 Å². The summed E-state index contributed by atoms with van der Waals surface area (Å²) in [5.41, 5.74) is 0.0790. The molecular weight excluding hydrogens is 556 g/mol. The lowest BCUT2D eigenvalue weighted by Crippen LogP contribution is -2.63. The highest BCUT2D eigenvalue weighted by Crippen LogP contribution is 2.55. The maximum atomic E-state index is 13.6. The number of allylic oxidation sites excluding steroid dienone is 3. The van der Waals surface area contributed by atoms with Crippen LogP contribution in [0.5, 0.6) is 0 Å². The zero-order valence-electron chi connectivity index (χ0n) is 26.2. The fraction of sp³-hybridized carbons (Fsp3) is 0.719. The first-order valence-electron chi connectivity index (χ1n) is 15.4. The minimum atomic E-state index is -1.14. The fourth-order valence-electron chi connectivity index (χ4n) is 7.26. The van der Waals surface area contributed by atoms with Gasteiger partial charge < -0.3 is 39.4 Å². The molecule has 0 aliphatic carbocycles. The van der Waals surface area contributed by atoms with E-state index in [4.69, 9.17) is 18.9 Å². The van der Waals surface area contributed by atoms with E-state index in [2.05, 4.69) is 19.2 Å². The Morgan fingerprint density at radius 1 is 1.14 bits per heavy atom. The van der Waals surface area contributed by atoms with E-state index in [1.165, 1.54) is 18.0 Å². The molecule has 0 aromatic heterocycles. The molecule has 11 atom stereocenters. The van der Waals surface area contributed by atoms with Crippen LogP contribution < -0.4 is 5.32 Å². The largest absolute Gasteiger partial charge is 0.507 e. The van der Waals surface area contributed by atoms with E-state index in [0.717, 1.165) is 18.4 Å². The van der Waals surface area contributed by atoms with Crippen molar-refractivity contribution in [3.8, 4) is 0 Å². The number of Topliss-reactive ketones (excluding diaryl/α,β-unsaturated/α-hetero) is 1. The highest BCUT2D eigenvalue weighted by molar-refractivity contribution is 6.27. The average Bonchev–Trinajstić information content (AvgIpc) is 3.71. The number of amides is 2. The van der Waals surface area contributed by atoms with Gasteiger partial charge in [-0.15, -0.1) is 0 Å². The van der Waals surface area contributed by atoms with Gasteiger partial charge in [0.15, 0.2) is 11.6 Å². The van der Waals surface area contributed by atoms with Gasteiger partial charge in [-0.1, -0.05) is 38.5 Å². The van der Waals surface area contributed by atoms with Crippen molar-refractivity contribution in [1.29, 1.82) is 0 Å². The zero-order chi connectivity index (χ0) is 31.4. The van der Waals surface area contributed by atoms with Gasteiger partial charge in [0.2, 0.25) is 5.91 Å². The number of carbonyl (C=O) groups is 3. The zero-order valence-corrected chi connectivity index (χ0v) is 26.2. The van der Waals surface area contributed by atoms with E-state index in [-0.39, 0.29) is 35.2 Å². The van der Waals surface area contributed by atoms with Crippen LogP contribution in [-0.2, 0) is 33.3 Å². The molecule has 5 heterocycles. The first-order chi connectivity index (χ1) is 20.2. The molecule has 1 spiro atoms. The third-order valence-electron chi connectivity index (χ3n) is 10.1. The van der Waals surface area contributed by atoms with Crippen molar-refractivity contribution < 1.29 is 43.5 Å². The van der Waals surface area contributed by atoms with Gasteiger partial charge in [0, 0.05) is 18.9 Å². The van der Waals surface area contributed by atoms with Gasteiger partial charge in [-0.05, 0) is 52.5 Å². The first kappa shape index (κ1) is 31.8. The molecule has 11 unspecified atom stereocenters. The molecule has 5 fully saturated rings. The summed E-state index contributed by atoms with van der Waals surface area (Å²) >= 11 is 0. The van der Waals surface area contributed by atoms with Crippen LogP contribution in [0.25, 0.3) is 0 Å². The van der Waals surface area contributed by atoms with Crippen LogP contribution in [0.2, 0.25) is 0 Å². The number of hydrogen-bond donors (Lipinski definition) is 3. The monoisotopic (exact) mass is 602 g/mol. The number of aliphatic hydroxyl groups excluding tert-OH is 2. The van der Waals surface area contributed by atoms with Crippen LogP contribution >= 0.6 is 0 Å². The number of hydrogen-bond acceptors (Lipinski definition) is 9. The van der Waals surface area contributed by atoms with Crippen LogP contribution in [0.3, 0.4) is 0 Å². The van der Waals surface area contributed by atoms with Crippen molar-refractivity contribution in [3.05, 3.63) is 35.1 Å². The Labute approximate surface area is 253 Å². The van der Waals surface area contributed by atoms with Gasteiger partial charge in [0.1, 0.15) is 29.2 Å². The molecule has 5 aliphatic heterocycles. The number of likely N-dealkylation sites (tertiary alicyclic amines) is 1. The van der Waals surface area contributed by atoms with Crippen molar-refractivity contribution in [2.45, 2.75) is 115 Å². The molecule has 2 bridgehead atoms. The second-order valence-electron chi connectivity index (χ2n) is 13.1. The molecule has 0 saturated carbocycles. The van der Waals surface area contributed by atoms with Gasteiger partial charge in [-0.3, -0.25) is 14.4 Å². The van der Waals surface area contributed by atoms with Crippen LogP contribution in [0.4, 0.5) is 0 Å². The second kappa shape index (κ2) is 11.7. The number of nitrogens with one attached hydrogen (secondary N) is 1. The topological polar surface area (TPSA) is 147 Å². The molecular formula is C32H46N2O9. The molecule has 0 radical (unpaired) electrons. The normalized spacial score (nSPS) is 42.4. The van der Waals surface area contributed by atoms with Crippen LogP contribution in [-0.4, -0.2) is 94.4 Å². The summed E-state index contributed by atoms with van der Waals surface area (Å²) in [5.74, 6) is -3.70. The molecule has 3 N–H and O–H groups in total. The van der Waals surface area contributed by atoms with E-state index in [0.29, 0.717) is 19.4 Å². The second-order valence-corrected chi connectivity index (χ2v) is 13.1. The van der Waals surface area contributed by atoms with Gasteiger partial charge in [0.25, 0.3) is 5.91 Å². The Morgan fingerprint density at radius 3 is 2.47 bits per heavy atom. The molecule has 0 aromatic rings. The molecule has 11 nitrogen and oxygen atoms in total. The Hall–Kier alpha value is -2.57. The van der Waals surface area contributed by atoms with Crippen LogP contribution in [0.1, 0.15) is 67.2 Å². The number of rotatable bonds is 7. The molecule has 43 heavy (non-hydrogen) atoms. The molecule has 5 rings (SSSR count). The van der Waals surface area contributed by atoms with E-state index < -0.39 is 59.5 Å². The number of nitrogens with zero attached hydrogens (tertiary/aromatic N) is 1. The number of fused-ring (bicyclic) bond motifs is 3. The van der Waals surface area contributed by atoms with Crippen molar-refractivity contribution in [2.75, 3.05) is 13.7 Å². The summed E-state index contributed by atoms with van der Waals surface area (Å²) in [7, 11) is 1.46. The van der Waals surface area contributed by atoms with Crippen LogP contribution in [0, 0.1) is 17.8 Å². The molecule has 5 aliphatic rings. The van der Waals surface area contributed by atoms with Gasteiger partial charge in [-0.25, -0.2) is 0 Å². The Morgan fingerprint density at radius 2 is 1.84 bits per heavy atom. The molecule has 238 valence electrons. The maximum Gasteiger partial charge on any atom is 0.264 e. The highest BCUT2D eigenvalue weighted by Gasteiger charge is 2.67. The molecule has 0 aromatic carbocycles. The fourth-order valence-corrected chi connectivity index (χ4v) is 7.26.